The Morgan fingerprint density at radius 3 is 2.86 bits per heavy atom. The molecule has 0 fully saturated rings. The van der Waals surface area contributed by atoms with Crippen LogP contribution in [0, 0.1) is 6.92 Å². The highest BCUT2D eigenvalue weighted by Crippen LogP contribution is 2.31. The normalized spacial score (nSPS) is 13.1. The number of benzene rings is 1. The number of hydrogen-bond donors (Lipinski definition) is 2. The second-order valence-corrected chi connectivity index (χ2v) is 8.51. The Morgan fingerprint density at radius 1 is 1.18 bits per heavy atom. The van der Waals surface area contributed by atoms with Crippen LogP contribution >= 0.6 is 22.7 Å². The number of hydrazine groups is 1. The number of nitrogens with zero attached hydrogens (tertiary/aromatic N) is 2. The maximum absolute atomic E-state index is 12.5. The summed E-state index contributed by atoms with van der Waals surface area (Å²) in [7, 11) is 0. The number of para-hydroxylation sites is 1. The molecule has 0 atom stereocenters. The van der Waals surface area contributed by atoms with Crippen LogP contribution in [0.25, 0.3) is 9.88 Å². The lowest BCUT2D eigenvalue weighted by Crippen LogP contribution is -2.47. The summed E-state index contributed by atoms with van der Waals surface area (Å²) in [6, 6.07) is 12.1. The number of anilines is 1. The van der Waals surface area contributed by atoms with Gasteiger partial charge in [-0.1, -0.05) is 24.3 Å². The molecule has 2 N–H and O–H groups in total. The Morgan fingerprint density at radius 2 is 2.04 bits per heavy atom. The molecule has 3 aromatic rings. The molecule has 2 aromatic heterocycles. The van der Waals surface area contributed by atoms with E-state index in [9.17, 15) is 9.59 Å². The van der Waals surface area contributed by atoms with E-state index in [0.29, 0.717) is 10.6 Å². The fourth-order valence-corrected chi connectivity index (χ4v) is 5.04. The van der Waals surface area contributed by atoms with E-state index >= 15 is 0 Å². The van der Waals surface area contributed by atoms with Crippen LogP contribution < -0.4 is 15.8 Å². The minimum Gasteiger partial charge on any atom is -0.362 e. The molecule has 0 bridgehead atoms. The SMILES string of the molecule is Cc1nc(-c2cccs2)sc1C(=O)NNC(=O)CN1CCCc2ccccc21. The first-order chi connectivity index (χ1) is 13.6. The van der Waals surface area contributed by atoms with Crippen LogP contribution in [0.3, 0.4) is 0 Å². The minimum absolute atomic E-state index is 0.208. The van der Waals surface area contributed by atoms with Crippen LogP contribution in [-0.2, 0) is 11.2 Å². The first kappa shape index (κ1) is 18.6. The first-order valence-electron chi connectivity index (χ1n) is 9.05. The highest BCUT2D eigenvalue weighted by Gasteiger charge is 2.20. The summed E-state index contributed by atoms with van der Waals surface area (Å²) >= 11 is 2.91. The van der Waals surface area contributed by atoms with Crippen molar-refractivity contribution in [3.8, 4) is 9.88 Å². The van der Waals surface area contributed by atoms with Crippen molar-refractivity contribution >= 4 is 40.2 Å². The van der Waals surface area contributed by atoms with Gasteiger partial charge in [0.1, 0.15) is 9.88 Å². The predicted molar refractivity (Wildman–Crippen MR) is 113 cm³/mol. The van der Waals surface area contributed by atoms with E-state index in [4.69, 9.17) is 0 Å². The molecular formula is C20H20N4O2S2. The highest BCUT2D eigenvalue weighted by molar-refractivity contribution is 7.22. The van der Waals surface area contributed by atoms with Gasteiger partial charge in [-0.05, 0) is 42.8 Å². The number of carbonyl (C=O) groups is 2. The molecule has 8 heteroatoms. The van der Waals surface area contributed by atoms with Gasteiger partial charge in [-0.15, -0.1) is 22.7 Å². The third-order valence-electron chi connectivity index (χ3n) is 4.59. The van der Waals surface area contributed by atoms with Gasteiger partial charge in [0.25, 0.3) is 11.8 Å². The molecule has 144 valence electrons. The molecule has 0 aliphatic carbocycles. The van der Waals surface area contributed by atoms with E-state index < -0.39 is 0 Å². The van der Waals surface area contributed by atoms with Crippen LogP contribution in [0.5, 0.6) is 0 Å². The molecule has 0 spiro atoms. The molecule has 4 rings (SSSR count). The van der Waals surface area contributed by atoms with Gasteiger partial charge in [-0.25, -0.2) is 4.98 Å². The number of aromatic nitrogens is 1. The molecule has 1 aliphatic rings. The Bertz CT molecular complexity index is 998. The maximum atomic E-state index is 12.5. The van der Waals surface area contributed by atoms with Crippen LogP contribution in [-0.4, -0.2) is 29.9 Å². The van der Waals surface area contributed by atoms with Crippen molar-refractivity contribution in [3.05, 3.63) is 57.9 Å². The fraction of sp³-hybridized carbons (Fsp3) is 0.250. The number of rotatable bonds is 4. The lowest BCUT2D eigenvalue weighted by molar-refractivity contribution is -0.120. The quantitative estimate of drug-likeness (QED) is 0.644. The summed E-state index contributed by atoms with van der Waals surface area (Å²) < 4.78 is 0. The van der Waals surface area contributed by atoms with Gasteiger partial charge < -0.3 is 4.90 Å². The molecule has 0 radical (unpaired) electrons. The molecule has 1 aromatic carbocycles. The van der Waals surface area contributed by atoms with Crippen molar-refractivity contribution in [2.45, 2.75) is 19.8 Å². The number of nitrogens with one attached hydrogen (secondary N) is 2. The Labute approximate surface area is 171 Å². The third kappa shape index (κ3) is 3.93. The van der Waals surface area contributed by atoms with E-state index in [1.807, 2.05) is 40.6 Å². The molecule has 6 nitrogen and oxygen atoms in total. The number of thiophene rings is 1. The summed E-state index contributed by atoms with van der Waals surface area (Å²) in [6.45, 7) is 2.84. The van der Waals surface area contributed by atoms with Crippen LogP contribution in [0.4, 0.5) is 5.69 Å². The Hall–Kier alpha value is -2.71. The number of thiazole rings is 1. The van der Waals surface area contributed by atoms with Crippen molar-refractivity contribution in [1.29, 1.82) is 0 Å². The Balaban J connectivity index is 1.36. The average Bonchev–Trinajstić information content (AvgIpc) is 3.36. The van der Waals surface area contributed by atoms with Crippen molar-refractivity contribution in [3.63, 3.8) is 0 Å². The van der Waals surface area contributed by atoms with Crippen LogP contribution in [0.2, 0.25) is 0 Å². The monoisotopic (exact) mass is 412 g/mol. The lowest BCUT2D eigenvalue weighted by atomic mass is 10.0. The number of amides is 2. The molecule has 3 heterocycles. The molecule has 0 saturated heterocycles. The van der Waals surface area contributed by atoms with Crippen molar-refractivity contribution in [2.75, 3.05) is 18.0 Å². The van der Waals surface area contributed by atoms with Gasteiger partial charge in [0.05, 0.1) is 17.1 Å². The lowest BCUT2D eigenvalue weighted by Gasteiger charge is -2.30. The van der Waals surface area contributed by atoms with Gasteiger partial charge in [-0.2, -0.15) is 0 Å². The summed E-state index contributed by atoms with van der Waals surface area (Å²) in [4.78, 5) is 32.9. The predicted octanol–water partition coefficient (Wildman–Crippen LogP) is 3.39. The summed E-state index contributed by atoms with van der Waals surface area (Å²) in [5.41, 5.74) is 8.06. The van der Waals surface area contributed by atoms with Gasteiger partial charge in [-0.3, -0.25) is 20.4 Å². The number of carbonyl (C=O) groups excluding carboxylic acids is 2. The zero-order valence-corrected chi connectivity index (χ0v) is 17.0. The second kappa shape index (κ2) is 8.12. The van der Waals surface area contributed by atoms with Crippen LogP contribution in [0.15, 0.2) is 41.8 Å². The maximum Gasteiger partial charge on any atom is 0.281 e. The zero-order valence-electron chi connectivity index (χ0n) is 15.4. The van der Waals surface area contributed by atoms with Crippen LogP contribution in [0.1, 0.15) is 27.3 Å². The molecule has 0 unspecified atom stereocenters. The standard InChI is InChI=1S/C20H20N4O2S2/c1-13-18(28-20(21-13)16-9-5-11-27-16)19(26)23-22-17(25)12-24-10-4-7-14-6-2-3-8-15(14)24/h2-3,5-6,8-9,11H,4,7,10,12H2,1H3,(H,22,25)(H,23,26). The first-order valence-corrected chi connectivity index (χ1v) is 10.7. The smallest absolute Gasteiger partial charge is 0.281 e. The minimum atomic E-state index is -0.342. The van der Waals surface area contributed by atoms with E-state index in [2.05, 4.69) is 21.9 Å². The van der Waals surface area contributed by atoms with Gasteiger partial charge in [0, 0.05) is 12.2 Å². The van der Waals surface area contributed by atoms with Gasteiger partial charge in [0.15, 0.2) is 0 Å². The van der Waals surface area contributed by atoms with Crippen molar-refractivity contribution in [2.24, 2.45) is 0 Å². The Kier molecular flexibility index (Phi) is 5.40. The second-order valence-electron chi connectivity index (χ2n) is 6.57. The highest BCUT2D eigenvalue weighted by atomic mass is 32.1. The molecular weight excluding hydrogens is 392 g/mol. The fourth-order valence-electron chi connectivity index (χ4n) is 3.28. The summed E-state index contributed by atoms with van der Waals surface area (Å²) in [5, 5.41) is 2.79. The molecule has 2 amide bonds. The topological polar surface area (TPSA) is 74.3 Å². The summed E-state index contributed by atoms with van der Waals surface area (Å²) in [5.74, 6) is -0.587. The summed E-state index contributed by atoms with van der Waals surface area (Å²) in [6.07, 6.45) is 2.05. The van der Waals surface area contributed by atoms with E-state index in [0.717, 1.165) is 35.0 Å². The van der Waals surface area contributed by atoms with Gasteiger partial charge in [0.2, 0.25) is 0 Å². The number of fused-ring (bicyclic) bond motifs is 1. The zero-order chi connectivity index (χ0) is 19.5. The number of aryl methyl sites for hydroxylation is 2. The average molecular weight is 413 g/mol. The third-order valence-corrected chi connectivity index (χ3v) is 6.79. The van der Waals surface area contributed by atoms with E-state index in [1.165, 1.54) is 16.9 Å². The molecule has 28 heavy (non-hydrogen) atoms. The number of hydrogen-bond acceptors (Lipinski definition) is 6. The van der Waals surface area contributed by atoms with Crippen molar-refractivity contribution in [1.82, 2.24) is 15.8 Å². The molecule has 1 aliphatic heterocycles. The van der Waals surface area contributed by atoms with Crippen molar-refractivity contribution < 1.29 is 9.59 Å². The van der Waals surface area contributed by atoms with E-state index in [1.54, 1.807) is 18.3 Å². The largest absolute Gasteiger partial charge is 0.362 e. The van der Waals surface area contributed by atoms with Gasteiger partial charge >= 0.3 is 0 Å². The van der Waals surface area contributed by atoms with E-state index in [-0.39, 0.29) is 18.4 Å². The molecule has 0 saturated carbocycles.